The van der Waals surface area contributed by atoms with Crippen LogP contribution in [0.3, 0.4) is 0 Å². The Morgan fingerprint density at radius 3 is 2.94 bits per heavy atom. The Bertz CT molecular complexity index is 408. The van der Waals surface area contributed by atoms with Gasteiger partial charge in [-0.25, -0.2) is 4.79 Å². The second-order valence-corrected chi connectivity index (χ2v) is 4.09. The van der Waals surface area contributed by atoms with E-state index in [1.54, 1.807) is 23.1 Å². The van der Waals surface area contributed by atoms with Crippen molar-refractivity contribution in [2.45, 2.75) is 19.1 Å². The largest absolute Gasteiger partial charge is 0.508 e. The first-order valence-corrected chi connectivity index (χ1v) is 5.63. The predicted octanol–water partition coefficient (Wildman–Crippen LogP) is 1.06. The summed E-state index contributed by atoms with van der Waals surface area (Å²) in [5, 5.41) is 9.63. The molecule has 1 heterocycles. The van der Waals surface area contributed by atoms with Crippen LogP contribution in [0.2, 0.25) is 0 Å². The van der Waals surface area contributed by atoms with Gasteiger partial charge in [0.25, 0.3) is 0 Å². The predicted molar refractivity (Wildman–Crippen MR) is 62.5 cm³/mol. The number of hydrogen-bond acceptors (Lipinski definition) is 4. The second-order valence-electron chi connectivity index (χ2n) is 4.09. The fraction of sp³-hybridized carbons (Fsp3) is 0.417. The lowest BCUT2D eigenvalue weighted by Gasteiger charge is -2.13. The molecule has 0 saturated carbocycles. The number of ether oxygens (including phenoxy) is 1. The van der Waals surface area contributed by atoms with E-state index in [2.05, 4.69) is 0 Å². The molecule has 1 amide bonds. The lowest BCUT2D eigenvalue weighted by molar-refractivity contribution is 0.129. The summed E-state index contributed by atoms with van der Waals surface area (Å²) in [5.41, 5.74) is 6.15. The number of para-hydroxylation sites is 1. The molecule has 1 fully saturated rings. The van der Waals surface area contributed by atoms with E-state index in [4.69, 9.17) is 10.5 Å². The monoisotopic (exact) mass is 236 g/mol. The van der Waals surface area contributed by atoms with E-state index in [-0.39, 0.29) is 17.9 Å². The lowest BCUT2D eigenvalue weighted by Crippen LogP contribution is -2.25. The number of hydrogen-bond donors (Lipinski definition) is 2. The number of amides is 1. The van der Waals surface area contributed by atoms with Crippen LogP contribution in [0.4, 0.5) is 4.79 Å². The summed E-state index contributed by atoms with van der Waals surface area (Å²) in [6, 6.07) is 6.97. The Morgan fingerprint density at radius 1 is 1.47 bits per heavy atom. The first-order chi connectivity index (χ1) is 8.20. The normalized spacial score (nSPS) is 19.5. The van der Waals surface area contributed by atoms with Gasteiger partial charge in [0.2, 0.25) is 0 Å². The summed E-state index contributed by atoms with van der Waals surface area (Å²) in [7, 11) is 0. The molecule has 1 aromatic rings. The molecule has 0 aromatic heterocycles. The number of carbonyl (C=O) groups excluding carboxylic acids is 1. The van der Waals surface area contributed by atoms with Crippen molar-refractivity contribution in [3.05, 3.63) is 29.8 Å². The van der Waals surface area contributed by atoms with E-state index in [0.717, 1.165) is 5.56 Å². The van der Waals surface area contributed by atoms with Crippen molar-refractivity contribution in [2.75, 3.05) is 13.1 Å². The molecule has 0 aliphatic carbocycles. The number of rotatable bonds is 4. The van der Waals surface area contributed by atoms with Crippen LogP contribution >= 0.6 is 0 Å². The van der Waals surface area contributed by atoms with Gasteiger partial charge in [-0.05, 0) is 19.0 Å². The first kappa shape index (κ1) is 11.7. The molecular weight excluding hydrogens is 220 g/mol. The molecule has 92 valence electrons. The number of phenols is 1. The van der Waals surface area contributed by atoms with Crippen molar-refractivity contribution in [3.8, 4) is 5.75 Å². The summed E-state index contributed by atoms with van der Waals surface area (Å²) < 4.78 is 5.15. The van der Waals surface area contributed by atoms with Gasteiger partial charge in [0.05, 0.1) is 13.1 Å². The number of benzene rings is 1. The van der Waals surface area contributed by atoms with Gasteiger partial charge < -0.3 is 20.5 Å². The highest BCUT2D eigenvalue weighted by Crippen LogP contribution is 2.21. The van der Waals surface area contributed by atoms with Gasteiger partial charge in [-0.2, -0.15) is 0 Å². The zero-order valence-corrected chi connectivity index (χ0v) is 9.50. The molecule has 1 aliphatic heterocycles. The zero-order chi connectivity index (χ0) is 12.3. The quantitative estimate of drug-likeness (QED) is 0.819. The summed E-state index contributed by atoms with van der Waals surface area (Å²) in [4.78, 5) is 13.1. The van der Waals surface area contributed by atoms with Crippen LogP contribution in [-0.2, 0) is 11.3 Å². The maximum absolute atomic E-state index is 11.6. The molecule has 1 saturated heterocycles. The number of phenolic OH excluding ortho intramolecular Hbond substituents is 1. The van der Waals surface area contributed by atoms with Gasteiger partial charge in [-0.1, -0.05) is 18.2 Å². The van der Waals surface area contributed by atoms with E-state index in [0.29, 0.717) is 26.1 Å². The van der Waals surface area contributed by atoms with Crippen LogP contribution in [0.15, 0.2) is 24.3 Å². The van der Waals surface area contributed by atoms with Gasteiger partial charge >= 0.3 is 6.09 Å². The topological polar surface area (TPSA) is 75.8 Å². The number of nitrogens with zero attached hydrogens (tertiary/aromatic N) is 1. The van der Waals surface area contributed by atoms with E-state index >= 15 is 0 Å². The summed E-state index contributed by atoms with van der Waals surface area (Å²) in [5.74, 6) is 0.197. The minimum atomic E-state index is -0.341. The average Bonchev–Trinajstić information content (AvgIpc) is 2.63. The molecule has 5 heteroatoms. The smallest absolute Gasteiger partial charge is 0.410 e. The Morgan fingerprint density at radius 2 is 2.24 bits per heavy atom. The molecule has 0 radical (unpaired) electrons. The molecule has 1 unspecified atom stereocenters. The third-order valence-electron chi connectivity index (χ3n) is 2.79. The van der Waals surface area contributed by atoms with Crippen molar-refractivity contribution in [2.24, 2.45) is 5.73 Å². The minimum absolute atomic E-state index is 0.127. The van der Waals surface area contributed by atoms with Crippen LogP contribution in [0, 0.1) is 0 Å². The second kappa shape index (κ2) is 5.05. The van der Waals surface area contributed by atoms with Crippen molar-refractivity contribution < 1.29 is 14.6 Å². The number of carbonyl (C=O) groups is 1. The third kappa shape index (κ3) is 2.68. The first-order valence-electron chi connectivity index (χ1n) is 5.63. The molecular formula is C12H16N2O3. The number of aromatic hydroxyl groups is 1. The SMILES string of the molecule is NCCC1CN(Cc2ccccc2O)C(=O)O1. The fourth-order valence-corrected chi connectivity index (χ4v) is 1.89. The van der Waals surface area contributed by atoms with Crippen molar-refractivity contribution in [1.29, 1.82) is 0 Å². The maximum Gasteiger partial charge on any atom is 0.410 e. The van der Waals surface area contributed by atoms with Gasteiger partial charge in [-0.15, -0.1) is 0 Å². The van der Waals surface area contributed by atoms with Crippen LogP contribution < -0.4 is 5.73 Å². The Kier molecular flexibility index (Phi) is 3.49. The molecule has 1 atom stereocenters. The van der Waals surface area contributed by atoms with E-state index in [1.807, 2.05) is 6.07 Å². The van der Waals surface area contributed by atoms with Crippen molar-refractivity contribution >= 4 is 6.09 Å². The highest BCUT2D eigenvalue weighted by molar-refractivity contribution is 5.70. The molecule has 1 aromatic carbocycles. The molecule has 5 nitrogen and oxygen atoms in total. The number of nitrogens with two attached hydrogens (primary N) is 1. The zero-order valence-electron chi connectivity index (χ0n) is 9.50. The van der Waals surface area contributed by atoms with Gasteiger partial charge in [-0.3, -0.25) is 0 Å². The fourth-order valence-electron chi connectivity index (χ4n) is 1.89. The molecule has 17 heavy (non-hydrogen) atoms. The Labute approximate surface area is 99.8 Å². The highest BCUT2D eigenvalue weighted by Gasteiger charge is 2.30. The summed E-state index contributed by atoms with van der Waals surface area (Å²) >= 11 is 0. The van der Waals surface area contributed by atoms with E-state index in [1.165, 1.54) is 0 Å². The van der Waals surface area contributed by atoms with Crippen molar-refractivity contribution in [1.82, 2.24) is 4.90 Å². The molecule has 2 rings (SSSR count). The van der Waals surface area contributed by atoms with Crippen LogP contribution in [0.5, 0.6) is 5.75 Å². The molecule has 3 N–H and O–H groups in total. The highest BCUT2D eigenvalue weighted by atomic mass is 16.6. The third-order valence-corrected chi connectivity index (χ3v) is 2.79. The van der Waals surface area contributed by atoms with Crippen molar-refractivity contribution in [3.63, 3.8) is 0 Å². The minimum Gasteiger partial charge on any atom is -0.508 e. The summed E-state index contributed by atoms with van der Waals surface area (Å²) in [6.45, 7) is 1.40. The van der Waals surface area contributed by atoms with Gasteiger partial charge in [0, 0.05) is 5.56 Å². The molecule has 0 spiro atoms. The Hall–Kier alpha value is -1.75. The van der Waals surface area contributed by atoms with Crippen LogP contribution in [0.1, 0.15) is 12.0 Å². The average molecular weight is 236 g/mol. The van der Waals surface area contributed by atoms with Gasteiger partial charge in [0.15, 0.2) is 0 Å². The standard InChI is InChI=1S/C12H16N2O3/c13-6-5-10-8-14(12(16)17-10)7-9-3-1-2-4-11(9)15/h1-4,10,15H,5-8,13H2. The Balaban J connectivity index is 2.00. The maximum atomic E-state index is 11.6. The van der Waals surface area contributed by atoms with Gasteiger partial charge in [0.1, 0.15) is 11.9 Å². The van der Waals surface area contributed by atoms with E-state index in [9.17, 15) is 9.90 Å². The molecule has 0 bridgehead atoms. The number of cyclic esters (lactones) is 1. The van der Waals surface area contributed by atoms with Crippen LogP contribution in [0.25, 0.3) is 0 Å². The molecule has 1 aliphatic rings. The summed E-state index contributed by atoms with van der Waals surface area (Å²) in [6.07, 6.45) is 0.202. The van der Waals surface area contributed by atoms with E-state index < -0.39 is 0 Å². The van der Waals surface area contributed by atoms with Crippen LogP contribution in [-0.4, -0.2) is 35.3 Å². The lowest BCUT2D eigenvalue weighted by atomic mass is 10.2.